The highest BCUT2D eigenvalue weighted by molar-refractivity contribution is 6.53. The first-order valence-corrected chi connectivity index (χ1v) is 6.98. The zero-order valence-corrected chi connectivity index (χ0v) is 12.9. The maximum Gasteiger partial charge on any atom is 0.315 e. The molecule has 4 nitrogen and oxygen atoms in total. The Kier molecular flexibility index (Phi) is 4.19. The van der Waals surface area contributed by atoms with E-state index in [0.29, 0.717) is 17.1 Å². The lowest BCUT2D eigenvalue weighted by molar-refractivity contribution is -0.152. The molecule has 1 aromatic rings. The Morgan fingerprint density at radius 3 is 2.35 bits per heavy atom. The van der Waals surface area contributed by atoms with E-state index in [0.717, 1.165) is 0 Å². The highest BCUT2D eigenvalue weighted by Crippen LogP contribution is 2.64. The SMILES string of the molecule is C[C@]1(C(=O)OCC(=O)Nc2ccc(Cl)cc2)CC1(Cl)Cl. The maximum atomic E-state index is 11.8. The molecule has 0 unspecified atom stereocenters. The van der Waals surface area contributed by atoms with Crippen molar-refractivity contribution in [3.8, 4) is 0 Å². The van der Waals surface area contributed by atoms with Crippen molar-refractivity contribution in [1.82, 2.24) is 0 Å². The van der Waals surface area contributed by atoms with E-state index in [-0.39, 0.29) is 6.61 Å². The number of hydrogen-bond acceptors (Lipinski definition) is 3. The van der Waals surface area contributed by atoms with E-state index in [2.05, 4.69) is 5.32 Å². The molecule has 1 aliphatic carbocycles. The number of hydrogen-bond donors (Lipinski definition) is 1. The van der Waals surface area contributed by atoms with Gasteiger partial charge in [0.2, 0.25) is 0 Å². The predicted octanol–water partition coefficient (Wildman–Crippen LogP) is 3.41. The van der Waals surface area contributed by atoms with Gasteiger partial charge in [0.05, 0.1) is 0 Å². The molecule has 1 aromatic carbocycles. The van der Waals surface area contributed by atoms with Crippen LogP contribution >= 0.6 is 34.8 Å². The lowest BCUT2D eigenvalue weighted by atomic mass is 10.1. The zero-order valence-electron chi connectivity index (χ0n) is 10.6. The van der Waals surface area contributed by atoms with E-state index >= 15 is 0 Å². The second-order valence-electron chi connectivity index (χ2n) is 4.84. The van der Waals surface area contributed by atoms with E-state index in [4.69, 9.17) is 39.5 Å². The highest BCUT2D eigenvalue weighted by Gasteiger charge is 2.69. The Bertz CT molecular complexity index is 544. The molecular weight excluding hydrogens is 325 g/mol. The second-order valence-corrected chi connectivity index (χ2v) is 6.76. The summed E-state index contributed by atoms with van der Waals surface area (Å²) in [7, 11) is 0. The molecule has 0 aliphatic heterocycles. The smallest absolute Gasteiger partial charge is 0.315 e. The van der Waals surface area contributed by atoms with Crippen molar-refractivity contribution in [3.05, 3.63) is 29.3 Å². The largest absolute Gasteiger partial charge is 0.455 e. The van der Waals surface area contributed by atoms with Crippen LogP contribution in [-0.4, -0.2) is 22.8 Å². The third kappa shape index (κ3) is 3.19. The highest BCUT2D eigenvalue weighted by atomic mass is 35.5. The molecule has 1 fully saturated rings. The van der Waals surface area contributed by atoms with Crippen molar-refractivity contribution in [2.75, 3.05) is 11.9 Å². The molecule has 0 spiro atoms. The number of rotatable bonds is 4. The molecule has 1 N–H and O–H groups in total. The van der Waals surface area contributed by atoms with Gasteiger partial charge in [-0.2, -0.15) is 0 Å². The standard InChI is InChI=1S/C13H12Cl3NO3/c1-12(7-13(12,15)16)11(19)20-6-10(18)17-9-4-2-8(14)3-5-9/h2-5H,6-7H2,1H3,(H,17,18)/t12-/m1/s1. The van der Waals surface area contributed by atoms with Gasteiger partial charge in [0.1, 0.15) is 9.75 Å². The van der Waals surface area contributed by atoms with Gasteiger partial charge in [0.15, 0.2) is 6.61 Å². The van der Waals surface area contributed by atoms with Gasteiger partial charge in [-0.15, -0.1) is 23.2 Å². The number of alkyl halides is 2. The average Bonchev–Trinajstić information content (AvgIpc) is 2.90. The Hall–Kier alpha value is -0.970. The predicted molar refractivity (Wildman–Crippen MR) is 78.2 cm³/mol. The Morgan fingerprint density at radius 2 is 1.85 bits per heavy atom. The molecule has 2 rings (SSSR count). The van der Waals surface area contributed by atoms with Gasteiger partial charge >= 0.3 is 5.97 Å². The summed E-state index contributed by atoms with van der Waals surface area (Å²) in [6.07, 6.45) is 0.320. The van der Waals surface area contributed by atoms with Crippen molar-refractivity contribution in [1.29, 1.82) is 0 Å². The van der Waals surface area contributed by atoms with Crippen molar-refractivity contribution in [2.24, 2.45) is 5.41 Å². The Morgan fingerprint density at radius 1 is 1.30 bits per heavy atom. The van der Waals surface area contributed by atoms with E-state index in [1.54, 1.807) is 31.2 Å². The normalized spacial score (nSPS) is 23.0. The number of benzene rings is 1. The quantitative estimate of drug-likeness (QED) is 0.677. The molecule has 1 atom stereocenters. The Labute approximate surface area is 131 Å². The van der Waals surface area contributed by atoms with E-state index in [9.17, 15) is 9.59 Å². The Balaban J connectivity index is 1.81. The number of amides is 1. The van der Waals surface area contributed by atoms with Crippen LogP contribution in [0.2, 0.25) is 5.02 Å². The van der Waals surface area contributed by atoms with Gasteiger partial charge in [0.25, 0.3) is 5.91 Å². The lowest BCUT2D eigenvalue weighted by Crippen LogP contribution is -2.26. The number of halogens is 3. The van der Waals surface area contributed by atoms with Crippen molar-refractivity contribution >= 4 is 52.4 Å². The van der Waals surface area contributed by atoms with Crippen LogP contribution in [0.15, 0.2) is 24.3 Å². The van der Waals surface area contributed by atoms with Crippen LogP contribution in [0.5, 0.6) is 0 Å². The van der Waals surface area contributed by atoms with Crippen LogP contribution in [0.4, 0.5) is 5.69 Å². The minimum Gasteiger partial charge on any atom is -0.455 e. The van der Waals surface area contributed by atoms with Gasteiger partial charge in [-0.25, -0.2) is 0 Å². The topological polar surface area (TPSA) is 55.4 Å². The zero-order chi connectivity index (χ0) is 15.0. The van der Waals surface area contributed by atoms with Crippen molar-refractivity contribution in [2.45, 2.75) is 17.7 Å². The third-order valence-electron chi connectivity index (χ3n) is 3.17. The van der Waals surface area contributed by atoms with Gasteiger partial charge in [-0.3, -0.25) is 9.59 Å². The summed E-state index contributed by atoms with van der Waals surface area (Å²) < 4.78 is 3.82. The fourth-order valence-electron chi connectivity index (χ4n) is 1.64. The molecule has 1 amide bonds. The van der Waals surface area contributed by atoms with Crippen LogP contribution in [0.1, 0.15) is 13.3 Å². The van der Waals surface area contributed by atoms with Crippen molar-refractivity contribution in [3.63, 3.8) is 0 Å². The van der Waals surface area contributed by atoms with Gasteiger partial charge in [-0.05, 0) is 31.2 Å². The molecule has 1 aliphatic rings. The second kappa shape index (κ2) is 5.43. The summed E-state index contributed by atoms with van der Waals surface area (Å²) in [6, 6.07) is 6.58. The fourth-order valence-corrected chi connectivity index (χ4v) is 2.46. The van der Waals surface area contributed by atoms with Gasteiger partial charge in [0, 0.05) is 17.1 Å². The minimum absolute atomic E-state index is 0.320. The molecule has 20 heavy (non-hydrogen) atoms. The monoisotopic (exact) mass is 335 g/mol. The molecule has 0 heterocycles. The molecule has 7 heteroatoms. The molecule has 108 valence electrons. The summed E-state index contributed by atoms with van der Waals surface area (Å²) in [6.45, 7) is 1.22. The van der Waals surface area contributed by atoms with Crippen LogP contribution in [0, 0.1) is 5.41 Å². The molecule has 0 radical (unpaired) electrons. The number of esters is 1. The number of ether oxygens (including phenoxy) is 1. The summed E-state index contributed by atoms with van der Waals surface area (Å²) >= 11 is 17.4. The van der Waals surface area contributed by atoms with E-state index in [1.165, 1.54) is 0 Å². The fraction of sp³-hybridized carbons (Fsp3) is 0.385. The maximum absolute atomic E-state index is 11.8. The average molecular weight is 337 g/mol. The number of carbonyl (C=O) groups excluding carboxylic acids is 2. The van der Waals surface area contributed by atoms with Crippen LogP contribution in [0.25, 0.3) is 0 Å². The van der Waals surface area contributed by atoms with Crippen LogP contribution in [-0.2, 0) is 14.3 Å². The summed E-state index contributed by atoms with van der Waals surface area (Å²) in [5.41, 5.74) is -0.367. The van der Waals surface area contributed by atoms with E-state index in [1.807, 2.05) is 0 Å². The minimum atomic E-state index is -1.10. The molecule has 0 saturated heterocycles. The number of nitrogens with one attached hydrogen (secondary N) is 1. The van der Waals surface area contributed by atoms with Gasteiger partial charge in [-0.1, -0.05) is 11.6 Å². The van der Waals surface area contributed by atoms with Crippen molar-refractivity contribution < 1.29 is 14.3 Å². The molecule has 1 saturated carbocycles. The third-order valence-corrected chi connectivity index (χ3v) is 4.52. The summed E-state index contributed by atoms with van der Waals surface area (Å²) in [5, 5.41) is 3.14. The molecule has 0 aromatic heterocycles. The van der Waals surface area contributed by atoms with Crippen LogP contribution < -0.4 is 5.32 Å². The summed E-state index contributed by atoms with van der Waals surface area (Å²) in [4.78, 5) is 23.4. The lowest BCUT2D eigenvalue weighted by Gasteiger charge is -2.11. The number of anilines is 1. The molecule has 0 bridgehead atoms. The van der Waals surface area contributed by atoms with Crippen LogP contribution in [0.3, 0.4) is 0 Å². The first-order valence-electron chi connectivity index (χ1n) is 5.85. The summed E-state index contributed by atoms with van der Waals surface area (Å²) in [5.74, 6) is -1.02. The first kappa shape index (κ1) is 15.4. The first-order chi connectivity index (χ1) is 9.24. The van der Waals surface area contributed by atoms with E-state index < -0.39 is 21.6 Å². The van der Waals surface area contributed by atoms with Gasteiger partial charge < -0.3 is 10.1 Å². The number of carbonyl (C=O) groups is 2. The molecular formula is C13H12Cl3NO3.